The minimum absolute atomic E-state index is 0.145. The summed E-state index contributed by atoms with van der Waals surface area (Å²) in [4.78, 5) is 2.40. The Morgan fingerprint density at radius 3 is 1.88 bits per heavy atom. The van der Waals surface area contributed by atoms with Crippen molar-refractivity contribution in [3.63, 3.8) is 0 Å². The van der Waals surface area contributed by atoms with Crippen LogP contribution in [0.3, 0.4) is 0 Å². The molecule has 1 nitrogen and oxygen atoms in total. The summed E-state index contributed by atoms with van der Waals surface area (Å²) in [6.45, 7) is 15.8. The molecule has 0 saturated carbocycles. The second kappa shape index (κ2) is 16.2. The van der Waals surface area contributed by atoms with E-state index in [0.717, 1.165) is 23.4 Å². The molecule has 7 aromatic carbocycles. The van der Waals surface area contributed by atoms with Crippen molar-refractivity contribution in [1.82, 2.24) is 0 Å². The van der Waals surface area contributed by atoms with Gasteiger partial charge in [-0.2, -0.15) is 0 Å². The maximum atomic E-state index is 4.35. The third kappa shape index (κ3) is 6.70. The van der Waals surface area contributed by atoms with Crippen molar-refractivity contribution in [2.75, 3.05) is 4.90 Å². The van der Waals surface area contributed by atoms with Crippen LogP contribution in [0.1, 0.15) is 84.7 Å². The van der Waals surface area contributed by atoms with E-state index in [1.165, 1.54) is 77.9 Å². The summed E-state index contributed by atoms with van der Waals surface area (Å²) >= 11 is 0. The zero-order valence-corrected chi connectivity index (χ0v) is 37.6. The molecule has 1 heteroatoms. The molecule has 0 heterocycles. The fourth-order valence-corrected chi connectivity index (χ4v) is 10.9. The average molecular weight is 826 g/mol. The highest BCUT2D eigenvalue weighted by Crippen LogP contribution is 2.52. The molecule has 0 atom stereocenters. The quantitative estimate of drug-likeness (QED) is 0.0928. The van der Waals surface area contributed by atoms with Gasteiger partial charge in [0.05, 0.1) is 5.41 Å². The smallest absolute Gasteiger partial charge is 0.0702 e. The van der Waals surface area contributed by atoms with Gasteiger partial charge < -0.3 is 4.90 Å². The van der Waals surface area contributed by atoms with Crippen LogP contribution in [0.15, 0.2) is 231 Å². The van der Waals surface area contributed by atoms with E-state index in [1.54, 1.807) is 0 Å². The van der Waals surface area contributed by atoms with Gasteiger partial charge >= 0.3 is 0 Å². The predicted octanol–water partition coefficient (Wildman–Crippen LogP) is 16.2. The summed E-state index contributed by atoms with van der Waals surface area (Å²) < 4.78 is 0. The minimum Gasteiger partial charge on any atom is -0.317 e. The molecule has 0 aliphatic heterocycles. The molecule has 0 spiro atoms. The number of nitrogens with zero attached hydrogens (tertiary/aromatic N) is 1. The number of hydrogen-bond acceptors (Lipinski definition) is 1. The van der Waals surface area contributed by atoms with E-state index >= 15 is 0 Å². The zero-order chi connectivity index (χ0) is 44.1. The van der Waals surface area contributed by atoms with Gasteiger partial charge in [-0.15, -0.1) is 0 Å². The lowest BCUT2D eigenvalue weighted by Gasteiger charge is -2.38. The van der Waals surface area contributed by atoms with Crippen molar-refractivity contribution in [3.8, 4) is 22.3 Å². The lowest BCUT2D eigenvalue weighted by atomic mass is 9.64. The molecule has 0 saturated heterocycles. The van der Waals surface area contributed by atoms with Crippen molar-refractivity contribution in [3.05, 3.63) is 281 Å². The van der Waals surface area contributed by atoms with Gasteiger partial charge in [0.15, 0.2) is 0 Å². The van der Waals surface area contributed by atoms with E-state index in [1.807, 2.05) is 6.08 Å². The molecule has 0 fully saturated rings. The Balaban J connectivity index is 1.19. The number of allylic oxidation sites excluding steroid dienone is 10. The van der Waals surface area contributed by atoms with Crippen molar-refractivity contribution in [2.24, 2.45) is 0 Å². The summed E-state index contributed by atoms with van der Waals surface area (Å²) in [6.07, 6.45) is 20.7. The van der Waals surface area contributed by atoms with Crippen LogP contribution in [-0.4, -0.2) is 0 Å². The van der Waals surface area contributed by atoms with E-state index in [2.05, 4.69) is 259 Å². The SMILES string of the molecule is C=C/C=C(\C=C/N(c1ccc2c(c1)C(C)(C)C=C2/C=C\C=C/C)c1ccc2c(c1)C(C)(C)c1ccccc1-2)C(c1ccccc1)(c1ccccc1)c1ccc2c(c1)-c1ccccc1C2. The van der Waals surface area contributed by atoms with E-state index in [9.17, 15) is 0 Å². The fourth-order valence-electron chi connectivity index (χ4n) is 10.9. The molecule has 312 valence electrons. The second-order valence-corrected chi connectivity index (χ2v) is 18.6. The summed E-state index contributed by atoms with van der Waals surface area (Å²) in [5.74, 6) is 0. The van der Waals surface area contributed by atoms with Crippen LogP contribution >= 0.6 is 0 Å². The van der Waals surface area contributed by atoms with Crippen molar-refractivity contribution in [2.45, 2.75) is 57.3 Å². The molecule has 0 aromatic heterocycles. The standard InChI is InChI=1S/C63H55N/c1-7-9-12-23-46-43-61(3,4)59-41-51(33-35-54(46)59)64(52-34-36-56-55-29-19-20-30-58(55)62(5,6)60(56)42-52)38-37-47(21-8-2)63(48-24-13-10-14-25-48,49-26-15-11-16-27-49)50-32-31-45-39-44-22-17-18-28-53(44)57(45)40-50/h7-38,40-43H,2,39H2,1,3-6H3/b9-7-,23-12-,38-37-,47-21+. The second-order valence-electron chi connectivity index (χ2n) is 18.6. The Hall–Kier alpha value is -7.22. The van der Waals surface area contributed by atoms with Crippen LogP contribution in [0.2, 0.25) is 0 Å². The summed E-state index contributed by atoms with van der Waals surface area (Å²) in [6, 6.07) is 61.1. The molecule has 0 radical (unpaired) electrons. The lowest BCUT2D eigenvalue weighted by Crippen LogP contribution is -2.31. The van der Waals surface area contributed by atoms with Crippen LogP contribution in [0.25, 0.3) is 27.8 Å². The van der Waals surface area contributed by atoms with Crippen LogP contribution in [0.5, 0.6) is 0 Å². The molecule has 0 unspecified atom stereocenters. The molecular formula is C63H55N. The molecule has 7 aromatic rings. The van der Waals surface area contributed by atoms with Gasteiger partial charge in [-0.25, -0.2) is 0 Å². The molecule has 0 N–H and O–H groups in total. The van der Waals surface area contributed by atoms with E-state index < -0.39 is 5.41 Å². The van der Waals surface area contributed by atoms with Crippen LogP contribution in [0, 0.1) is 0 Å². The normalized spacial score (nSPS) is 15.5. The van der Waals surface area contributed by atoms with Gasteiger partial charge in [0.2, 0.25) is 0 Å². The maximum absolute atomic E-state index is 4.35. The van der Waals surface area contributed by atoms with Gasteiger partial charge in [0.25, 0.3) is 0 Å². The Morgan fingerprint density at radius 2 is 1.17 bits per heavy atom. The van der Waals surface area contributed by atoms with Gasteiger partial charge in [-0.1, -0.05) is 210 Å². The highest BCUT2D eigenvalue weighted by molar-refractivity contribution is 5.87. The van der Waals surface area contributed by atoms with E-state index in [0.29, 0.717) is 0 Å². The molecular weight excluding hydrogens is 771 g/mol. The first-order chi connectivity index (χ1) is 31.1. The van der Waals surface area contributed by atoms with E-state index in [4.69, 9.17) is 0 Å². The lowest BCUT2D eigenvalue weighted by molar-refractivity contribution is 0.660. The predicted molar refractivity (Wildman–Crippen MR) is 272 cm³/mol. The Bertz CT molecular complexity index is 3050. The van der Waals surface area contributed by atoms with Crippen molar-refractivity contribution >= 4 is 16.9 Å². The fraction of sp³-hybridized carbons (Fsp3) is 0.143. The van der Waals surface area contributed by atoms with Gasteiger partial charge in [-0.3, -0.25) is 0 Å². The minimum atomic E-state index is -0.689. The molecule has 3 aliphatic rings. The topological polar surface area (TPSA) is 3.24 Å². The van der Waals surface area contributed by atoms with Gasteiger partial charge in [0, 0.05) is 28.4 Å². The average Bonchev–Trinajstić information content (AvgIpc) is 3.90. The highest BCUT2D eigenvalue weighted by atomic mass is 15.1. The van der Waals surface area contributed by atoms with Crippen molar-refractivity contribution in [1.29, 1.82) is 0 Å². The first kappa shape index (κ1) is 40.8. The molecule has 64 heavy (non-hydrogen) atoms. The summed E-state index contributed by atoms with van der Waals surface area (Å²) in [5.41, 5.74) is 20.5. The third-order valence-corrected chi connectivity index (χ3v) is 14.0. The molecule has 10 rings (SSSR count). The number of fused-ring (bicyclic) bond motifs is 7. The largest absolute Gasteiger partial charge is 0.317 e. The number of anilines is 2. The first-order valence-electron chi connectivity index (χ1n) is 22.7. The monoisotopic (exact) mass is 825 g/mol. The maximum Gasteiger partial charge on any atom is 0.0702 e. The Kier molecular flexibility index (Phi) is 10.3. The first-order valence-corrected chi connectivity index (χ1v) is 22.7. The zero-order valence-electron chi connectivity index (χ0n) is 37.6. The molecule has 0 bridgehead atoms. The van der Waals surface area contributed by atoms with Crippen molar-refractivity contribution < 1.29 is 0 Å². The number of benzene rings is 7. The van der Waals surface area contributed by atoms with E-state index in [-0.39, 0.29) is 10.8 Å². The summed E-state index contributed by atoms with van der Waals surface area (Å²) in [7, 11) is 0. The van der Waals surface area contributed by atoms with Gasteiger partial charge in [-0.05, 0) is 133 Å². The number of rotatable bonds is 11. The molecule has 3 aliphatic carbocycles. The summed E-state index contributed by atoms with van der Waals surface area (Å²) in [5, 5.41) is 0. The van der Waals surface area contributed by atoms with Crippen LogP contribution in [-0.2, 0) is 22.7 Å². The van der Waals surface area contributed by atoms with Gasteiger partial charge in [0.1, 0.15) is 0 Å². The Morgan fingerprint density at radius 1 is 0.562 bits per heavy atom. The third-order valence-electron chi connectivity index (χ3n) is 14.0. The molecule has 0 amide bonds. The highest BCUT2D eigenvalue weighted by Gasteiger charge is 2.41. The Labute approximate surface area is 380 Å². The number of hydrogen-bond donors (Lipinski definition) is 0. The van der Waals surface area contributed by atoms with Crippen LogP contribution < -0.4 is 4.90 Å². The van der Waals surface area contributed by atoms with Crippen LogP contribution in [0.4, 0.5) is 11.4 Å².